The molecule has 0 unspecified atom stereocenters. The Labute approximate surface area is 170 Å². The van der Waals surface area contributed by atoms with E-state index >= 15 is 0 Å². The molecule has 8 nitrogen and oxygen atoms in total. The number of ether oxygens (including phenoxy) is 1. The number of anilines is 2. The quantitative estimate of drug-likeness (QED) is 0.643. The molecule has 2 aromatic rings. The highest BCUT2D eigenvalue weighted by molar-refractivity contribution is 7.99. The van der Waals surface area contributed by atoms with E-state index in [0.29, 0.717) is 17.7 Å². The van der Waals surface area contributed by atoms with Gasteiger partial charge in [0.05, 0.1) is 18.4 Å². The number of hydrogen-bond acceptors (Lipinski definition) is 7. The molecule has 1 saturated heterocycles. The van der Waals surface area contributed by atoms with Crippen LogP contribution in [0.3, 0.4) is 0 Å². The Morgan fingerprint density at radius 3 is 2.82 bits per heavy atom. The van der Waals surface area contributed by atoms with Crippen LogP contribution < -0.4 is 10.2 Å². The summed E-state index contributed by atoms with van der Waals surface area (Å²) in [7, 11) is 0. The number of amides is 1. The normalized spacial score (nSPS) is 16.5. The zero-order valence-electron chi connectivity index (χ0n) is 16.7. The van der Waals surface area contributed by atoms with Gasteiger partial charge in [-0.15, -0.1) is 5.10 Å². The van der Waals surface area contributed by atoms with Gasteiger partial charge in [0.2, 0.25) is 11.1 Å². The van der Waals surface area contributed by atoms with Crippen LogP contribution in [0, 0.1) is 0 Å². The van der Waals surface area contributed by atoms with Crippen molar-refractivity contribution in [3.8, 4) is 0 Å². The van der Waals surface area contributed by atoms with Crippen LogP contribution in [-0.2, 0) is 16.1 Å². The van der Waals surface area contributed by atoms with E-state index in [4.69, 9.17) is 4.74 Å². The summed E-state index contributed by atoms with van der Waals surface area (Å²) in [6, 6.07) is 8.37. The monoisotopic (exact) mass is 404 g/mol. The summed E-state index contributed by atoms with van der Waals surface area (Å²) >= 11 is 1.33. The molecule has 0 radical (unpaired) electrons. The Kier molecular flexibility index (Phi) is 7.27. The topological polar surface area (TPSA) is 85.2 Å². The second kappa shape index (κ2) is 9.88. The number of aromatic nitrogens is 4. The van der Waals surface area contributed by atoms with Crippen LogP contribution in [0.4, 0.5) is 11.4 Å². The van der Waals surface area contributed by atoms with Gasteiger partial charge in [0, 0.05) is 30.6 Å². The molecule has 152 valence electrons. The molecular weight excluding hydrogens is 376 g/mol. The molecule has 28 heavy (non-hydrogen) atoms. The molecule has 1 aliphatic heterocycles. The van der Waals surface area contributed by atoms with Gasteiger partial charge < -0.3 is 15.0 Å². The van der Waals surface area contributed by atoms with Crippen molar-refractivity contribution in [1.29, 1.82) is 0 Å². The lowest BCUT2D eigenvalue weighted by Crippen LogP contribution is -2.30. The predicted octanol–water partition coefficient (Wildman–Crippen LogP) is 2.82. The number of thioether (sulfide) groups is 1. The van der Waals surface area contributed by atoms with Crippen LogP contribution in [0.2, 0.25) is 0 Å². The van der Waals surface area contributed by atoms with Gasteiger partial charge in [0.1, 0.15) is 0 Å². The van der Waals surface area contributed by atoms with Crippen LogP contribution in [0.15, 0.2) is 29.4 Å². The first-order chi connectivity index (χ1) is 13.6. The maximum Gasteiger partial charge on any atom is 0.234 e. The fraction of sp³-hybridized carbons (Fsp3) is 0.579. The van der Waals surface area contributed by atoms with Crippen molar-refractivity contribution in [2.45, 2.75) is 57.5 Å². The molecule has 1 aliphatic rings. The van der Waals surface area contributed by atoms with Gasteiger partial charge in [-0.25, -0.2) is 4.68 Å². The molecule has 0 saturated carbocycles. The molecule has 1 N–H and O–H groups in total. The maximum absolute atomic E-state index is 12.3. The van der Waals surface area contributed by atoms with Crippen LogP contribution in [0.5, 0.6) is 0 Å². The molecule has 3 rings (SSSR count). The van der Waals surface area contributed by atoms with E-state index in [0.717, 1.165) is 37.4 Å². The van der Waals surface area contributed by atoms with Crippen LogP contribution in [0.25, 0.3) is 0 Å². The van der Waals surface area contributed by atoms with Gasteiger partial charge in [-0.1, -0.05) is 11.8 Å². The van der Waals surface area contributed by atoms with Gasteiger partial charge in [-0.05, 0) is 68.3 Å². The molecule has 1 amide bonds. The summed E-state index contributed by atoms with van der Waals surface area (Å²) in [4.78, 5) is 14.6. The number of tetrazole rings is 1. The molecule has 0 spiro atoms. The molecule has 1 aromatic carbocycles. The average Bonchev–Trinajstić information content (AvgIpc) is 3.34. The minimum atomic E-state index is -0.0828. The van der Waals surface area contributed by atoms with Crippen LogP contribution in [-0.4, -0.2) is 57.2 Å². The van der Waals surface area contributed by atoms with E-state index in [1.54, 1.807) is 4.68 Å². The Morgan fingerprint density at radius 2 is 2.18 bits per heavy atom. The highest BCUT2D eigenvalue weighted by atomic mass is 32.2. The number of carbonyl (C=O) groups excluding carboxylic acids is 1. The first kappa shape index (κ1) is 20.6. The predicted molar refractivity (Wildman–Crippen MR) is 111 cm³/mol. The highest BCUT2D eigenvalue weighted by Crippen LogP contribution is 2.21. The Bertz CT molecular complexity index is 758. The number of benzene rings is 1. The van der Waals surface area contributed by atoms with Crippen molar-refractivity contribution < 1.29 is 9.53 Å². The minimum absolute atomic E-state index is 0.0828. The zero-order valence-corrected chi connectivity index (χ0v) is 17.5. The molecular formula is C19H28N6O2S. The minimum Gasteiger partial charge on any atom is -0.376 e. The molecule has 0 aliphatic carbocycles. The Hall–Kier alpha value is -2.13. The number of nitrogens with zero attached hydrogens (tertiary/aromatic N) is 5. The second-order valence-corrected chi connectivity index (χ2v) is 7.98. The molecule has 0 bridgehead atoms. The number of nitrogens with one attached hydrogen (secondary N) is 1. The van der Waals surface area contributed by atoms with E-state index in [2.05, 4.69) is 46.5 Å². The molecule has 1 fully saturated rings. The van der Waals surface area contributed by atoms with Crippen molar-refractivity contribution >= 4 is 29.0 Å². The Balaban J connectivity index is 1.50. The standard InChI is InChI=1S/C19H28N6O2S/c1-4-24(14(2)3)16-9-7-15(8-10-16)20-18(26)13-28-19-21-22-23-25(19)12-17-6-5-11-27-17/h7-10,14,17H,4-6,11-13H2,1-3H3,(H,20,26)/t17-/m1/s1. The third-order valence-electron chi connectivity index (χ3n) is 4.68. The van der Waals surface area contributed by atoms with Gasteiger partial charge in [0.25, 0.3) is 0 Å². The first-order valence-electron chi connectivity index (χ1n) is 9.74. The highest BCUT2D eigenvalue weighted by Gasteiger charge is 2.19. The SMILES string of the molecule is CCN(c1ccc(NC(=O)CSc2nnnn2C[C@H]2CCCO2)cc1)C(C)C. The van der Waals surface area contributed by atoms with E-state index in [-0.39, 0.29) is 17.8 Å². The van der Waals surface area contributed by atoms with Gasteiger partial charge in [0.15, 0.2) is 0 Å². The fourth-order valence-electron chi connectivity index (χ4n) is 3.30. The summed E-state index contributed by atoms with van der Waals surface area (Å²) in [6.07, 6.45) is 2.25. The zero-order chi connectivity index (χ0) is 19.9. The van der Waals surface area contributed by atoms with Gasteiger partial charge in [-0.2, -0.15) is 0 Å². The summed E-state index contributed by atoms with van der Waals surface area (Å²) < 4.78 is 7.34. The largest absolute Gasteiger partial charge is 0.376 e. The van der Waals surface area contributed by atoms with Crippen molar-refractivity contribution in [2.75, 3.05) is 29.1 Å². The lowest BCUT2D eigenvalue weighted by molar-refractivity contribution is -0.113. The first-order valence-corrected chi connectivity index (χ1v) is 10.7. The van der Waals surface area contributed by atoms with Gasteiger partial charge in [-0.3, -0.25) is 4.79 Å². The summed E-state index contributed by atoms with van der Waals surface area (Å²) in [5.41, 5.74) is 1.94. The smallest absolute Gasteiger partial charge is 0.234 e. The van der Waals surface area contributed by atoms with E-state index < -0.39 is 0 Å². The van der Waals surface area contributed by atoms with Crippen LogP contribution >= 0.6 is 11.8 Å². The second-order valence-electron chi connectivity index (χ2n) is 7.04. The average molecular weight is 405 g/mol. The van der Waals surface area contributed by atoms with Crippen molar-refractivity contribution in [1.82, 2.24) is 20.2 Å². The molecule has 1 aromatic heterocycles. The molecule has 2 heterocycles. The summed E-state index contributed by atoms with van der Waals surface area (Å²) in [5, 5.41) is 15.3. The molecule has 1 atom stereocenters. The van der Waals surface area contributed by atoms with E-state index in [1.165, 1.54) is 11.8 Å². The Morgan fingerprint density at radius 1 is 1.39 bits per heavy atom. The van der Waals surface area contributed by atoms with Crippen molar-refractivity contribution in [3.05, 3.63) is 24.3 Å². The van der Waals surface area contributed by atoms with Crippen LogP contribution in [0.1, 0.15) is 33.6 Å². The summed E-state index contributed by atoms with van der Waals surface area (Å²) in [6.45, 7) is 8.84. The lowest BCUT2D eigenvalue weighted by Gasteiger charge is -2.27. The number of hydrogen-bond donors (Lipinski definition) is 1. The maximum atomic E-state index is 12.3. The fourth-order valence-corrected chi connectivity index (χ4v) is 3.99. The van der Waals surface area contributed by atoms with Gasteiger partial charge >= 0.3 is 0 Å². The number of rotatable bonds is 9. The summed E-state index contributed by atoms with van der Waals surface area (Å²) in [5.74, 6) is 0.168. The van der Waals surface area contributed by atoms with Crippen molar-refractivity contribution in [3.63, 3.8) is 0 Å². The third-order valence-corrected chi connectivity index (χ3v) is 5.64. The third kappa shape index (κ3) is 5.45. The lowest BCUT2D eigenvalue weighted by atomic mass is 10.2. The van der Waals surface area contributed by atoms with Crippen molar-refractivity contribution in [2.24, 2.45) is 0 Å². The molecule has 9 heteroatoms. The number of carbonyl (C=O) groups is 1. The van der Waals surface area contributed by atoms with E-state index in [9.17, 15) is 4.79 Å². The van der Waals surface area contributed by atoms with E-state index in [1.807, 2.05) is 24.3 Å².